The van der Waals surface area contributed by atoms with Gasteiger partial charge in [0.25, 0.3) is 5.89 Å². The van der Waals surface area contributed by atoms with Crippen molar-refractivity contribution in [2.24, 2.45) is 0 Å². The van der Waals surface area contributed by atoms with Crippen molar-refractivity contribution in [1.29, 1.82) is 0 Å². The number of aromatic nitrogens is 2. The lowest BCUT2D eigenvalue weighted by atomic mass is 10.2. The number of thioether (sulfide) groups is 1. The van der Waals surface area contributed by atoms with E-state index in [0.29, 0.717) is 40.2 Å². The Morgan fingerprint density at radius 3 is 2.53 bits per heavy atom. The number of benzene rings is 3. The number of carbonyl (C=O) groups is 1. The average molecular weight is 448 g/mol. The molecule has 0 spiro atoms. The van der Waals surface area contributed by atoms with Crippen molar-refractivity contribution >= 4 is 23.4 Å². The van der Waals surface area contributed by atoms with Crippen LogP contribution in [0.5, 0.6) is 11.5 Å². The zero-order valence-electron chi connectivity index (χ0n) is 17.6. The van der Waals surface area contributed by atoms with Crippen molar-refractivity contribution in [2.45, 2.75) is 4.90 Å². The fourth-order valence-electron chi connectivity index (χ4n) is 3.03. The highest BCUT2D eigenvalue weighted by molar-refractivity contribution is 8.00. The maximum atomic E-state index is 12.3. The Balaban J connectivity index is 1.46. The normalized spacial score (nSPS) is 10.6. The lowest BCUT2D eigenvalue weighted by Crippen LogP contribution is -2.13. The van der Waals surface area contributed by atoms with Crippen molar-refractivity contribution < 1.29 is 18.8 Å². The Bertz CT molecular complexity index is 1210. The van der Waals surface area contributed by atoms with Gasteiger partial charge in [-0.05, 0) is 42.5 Å². The summed E-state index contributed by atoms with van der Waals surface area (Å²) in [5, 5.41) is 6.99. The van der Waals surface area contributed by atoms with Crippen LogP contribution in [0.2, 0.25) is 0 Å². The number of anilines is 1. The maximum Gasteiger partial charge on any atom is 0.258 e. The van der Waals surface area contributed by atoms with Crippen LogP contribution >= 0.6 is 11.8 Å². The average Bonchev–Trinajstić information content (AvgIpc) is 3.33. The molecule has 1 heterocycles. The van der Waals surface area contributed by atoms with Crippen LogP contribution < -0.4 is 14.8 Å². The van der Waals surface area contributed by atoms with Crippen molar-refractivity contribution in [1.82, 2.24) is 10.1 Å². The molecular weight excluding hydrogens is 426 g/mol. The molecule has 1 amide bonds. The van der Waals surface area contributed by atoms with Crippen LogP contribution in [0.1, 0.15) is 0 Å². The minimum Gasteiger partial charge on any atom is -0.493 e. The molecule has 0 unspecified atom stereocenters. The van der Waals surface area contributed by atoms with Gasteiger partial charge >= 0.3 is 0 Å². The summed E-state index contributed by atoms with van der Waals surface area (Å²) in [5.74, 6) is 2.20. The topological polar surface area (TPSA) is 86.5 Å². The molecule has 162 valence electrons. The third-order valence-electron chi connectivity index (χ3n) is 4.57. The molecule has 0 bridgehead atoms. The Morgan fingerprint density at radius 2 is 1.75 bits per heavy atom. The standard InChI is InChI=1S/C24H21N3O4S/c1-29-20-12-11-17(14-21(20)30-2)24-26-23(27-31-24)16-7-6-8-18(13-16)25-22(28)15-32-19-9-4-3-5-10-19/h3-14H,15H2,1-2H3,(H,25,28). The number of methoxy groups -OCH3 is 2. The molecule has 1 aromatic heterocycles. The molecule has 8 heteroatoms. The van der Waals surface area contributed by atoms with Crippen LogP contribution in [0.4, 0.5) is 5.69 Å². The number of rotatable bonds is 8. The van der Waals surface area contributed by atoms with Crippen molar-refractivity contribution in [3.8, 4) is 34.3 Å². The second kappa shape index (κ2) is 10.0. The van der Waals surface area contributed by atoms with Crippen molar-refractivity contribution in [3.05, 3.63) is 72.8 Å². The maximum absolute atomic E-state index is 12.3. The van der Waals surface area contributed by atoms with Crippen molar-refractivity contribution in [2.75, 3.05) is 25.3 Å². The van der Waals surface area contributed by atoms with Gasteiger partial charge in [-0.2, -0.15) is 4.98 Å². The van der Waals surface area contributed by atoms with Crippen LogP contribution in [-0.4, -0.2) is 36.0 Å². The molecule has 0 fully saturated rings. The van der Waals surface area contributed by atoms with Gasteiger partial charge in [0.05, 0.1) is 20.0 Å². The lowest BCUT2D eigenvalue weighted by molar-refractivity contribution is -0.113. The summed E-state index contributed by atoms with van der Waals surface area (Å²) in [4.78, 5) is 17.9. The molecule has 3 aromatic carbocycles. The van der Waals surface area contributed by atoms with E-state index in [4.69, 9.17) is 14.0 Å². The van der Waals surface area contributed by atoms with Crippen LogP contribution in [0.3, 0.4) is 0 Å². The first-order chi connectivity index (χ1) is 15.7. The molecule has 4 rings (SSSR count). The van der Waals surface area contributed by atoms with Gasteiger partial charge in [0.15, 0.2) is 11.5 Å². The molecular formula is C24H21N3O4S. The molecule has 32 heavy (non-hydrogen) atoms. The molecule has 0 saturated carbocycles. The molecule has 0 aliphatic heterocycles. The number of hydrogen-bond acceptors (Lipinski definition) is 7. The number of hydrogen-bond donors (Lipinski definition) is 1. The van der Waals surface area contributed by atoms with Crippen molar-refractivity contribution in [3.63, 3.8) is 0 Å². The summed E-state index contributed by atoms with van der Waals surface area (Å²) in [6.07, 6.45) is 0. The lowest BCUT2D eigenvalue weighted by Gasteiger charge is -2.07. The Hall–Kier alpha value is -3.78. The second-order valence-electron chi connectivity index (χ2n) is 6.72. The minimum atomic E-state index is -0.0878. The van der Waals surface area contributed by atoms with Gasteiger partial charge in [-0.25, -0.2) is 0 Å². The number of nitrogens with zero attached hydrogens (tertiary/aromatic N) is 2. The first-order valence-corrected chi connectivity index (χ1v) is 10.8. The Morgan fingerprint density at radius 1 is 0.938 bits per heavy atom. The van der Waals surface area contributed by atoms with Gasteiger partial charge in [0.1, 0.15) is 0 Å². The zero-order chi connectivity index (χ0) is 22.3. The molecule has 0 radical (unpaired) electrons. The van der Waals surface area contributed by atoms with Crippen LogP contribution in [0.15, 0.2) is 82.2 Å². The van der Waals surface area contributed by atoms with Crippen LogP contribution in [0.25, 0.3) is 22.8 Å². The summed E-state index contributed by atoms with van der Waals surface area (Å²) < 4.78 is 16.0. The van der Waals surface area contributed by atoms with E-state index < -0.39 is 0 Å². The molecule has 7 nitrogen and oxygen atoms in total. The smallest absolute Gasteiger partial charge is 0.258 e. The zero-order valence-corrected chi connectivity index (χ0v) is 18.4. The van der Waals surface area contributed by atoms with Gasteiger partial charge in [-0.1, -0.05) is 35.5 Å². The highest BCUT2D eigenvalue weighted by atomic mass is 32.2. The molecule has 1 N–H and O–H groups in total. The summed E-state index contributed by atoms with van der Waals surface area (Å²) in [7, 11) is 3.15. The fraction of sp³-hybridized carbons (Fsp3) is 0.125. The van der Waals surface area contributed by atoms with E-state index in [-0.39, 0.29) is 5.91 Å². The molecule has 4 aromatic rings. The first-order valence-electron chi connectivity index (χ1n) is 9.80. The summed E-state index contributed by atoms with van der Waals surface area (Å²) in [6.45, 7) is 0. The monoisotopic (exact) mass is 447 g/mol. The van der Waals surface area contributed by atoms with E-state index >= 15 is 0 Å². The quantitative estimate of drug-likeness (QED) is 0.374. The predicted octanol–water partition coefficient (Wildman–Crippen LogP) is 5.15. The van der Waals surface area contributed by atoms with E-state index in [2.05, 4.69) is 15.5 Å². The van der Waals surface area contributed by atoms with E-state index in [1.165, 1.54) is 11.8 Å². The Labute approximate surface area is 189 Å². The number of amides is 1. The fourth-order valence-corrected chi connectivity index (χ4v) is 3.75. The van der Waals surface area contributed by atoms with E-state index in [9.17, 15) is 4.79 Å². The molecule has 0 saturated heterocycles. The predicted molar refractivity (Wildman–Crippen MR) is 124 cm³/mol. The molecule has 0 atom stereocenters. The number of carbonyl (C=O) groups excluding carboxylic acids is 1. The third-order valence-corrected chi connectivity index (χ3v) is 5.59. The molecule has 0 aliphatic carbocycles. The van der Waals surface area contributed by atoms with E-state index in [1.807, 2.05) is 60.7 Å². The Kier molecular flexibility index (Phi) is 6.72. The van der Waals surface area contributed by atoms with E-state index in [0.717, 1.165) is 10.5 Å². The van der Waals surface area contributed by atoms with Gasteiger partial charge in [0.2, 0.25) is 11.7 Å². The van der Waals surface area contributed by atoms with E-state index in [1.54, 1.807) is 26.4 Å². The van der Waals surface area contributed by atoms with Gasteiger partial charge in [0, 0.05) is 21.7 Å². The highest BCUT2D eigenvalue weighted by Crippen LogP contribution is 2.32. The van der Waals surface area contributed by atoms with Gasteiger partial charge in [-0.3, -0.25) is 4.79 Å². The van der Waals surface area contributed by atoms with Gasteiger partial charge < -0.3 is 19.3 Å². The van der Waals surface area contributed by atoms with Crippen LogP contribution in [-0.2, 0) is 4.79 Å². The number of ether oxygens (including phenoxy) is 2. The summed E-state index contributed by atoms with van der Waals surface area (Å²) in [5.41, 5.74) is 2.11. The SMILES string of the molecule is COc1ccc(-c2nc(-c3cccc(NC(=O)CSc4ccccc4)c3)no2)cc1OC. The number of nitrogens with one attached hydrogen (secondary N) is 1. The largest absolute Gasteiger partial charge is 0.493 e. The minimum absolute atomic E-state index is 0.0878. The highest BCUT2D eigenvalue weighted by Gasteiger charge is 2.14. The van der Waals surface area contributed by atoms with Gasteiger partial charge in [-0.15, -0.1) is 11.8 Å². The summed E-state index contributed by atoms with van der Waals surface area (Å²) in [6, 6.07) is 22.5. The first kappa shape index (κ1) is 21.5. The van der Waals surface area contributed by atoms with Crippen LogP contribution in [0, 0.1) is 0 Å². The molecule has 0 aliphatic rings. The third kappa shape index (κ3) is 5.09. The summed E-state index contributed by atoms with van der Waals surface area (Å²) >= 11 is 1.48. The second-order valence-corrected chi connectivity index (χ2v) is 7.77.